The summed E-state index contributed by atoms with van der Waals surface area (Å²) in [7, 11) is 0. The number of imidazole rings is 1. The van der Waals surface area contributed by atoms with Gasteiger partial charge in [-0.15, -0.1) is 0 Å². The van der Waals surface area contributed by atoms with Crippen molar-refractivity contribution in [2.24, 2.45) is 0 Å². The highest BCUT2D eigenvalue weighted by molar-refractivity contribution is 5.81. The van der Waals surface area contributed by atoms with Crippen LogP contribution in [-0.2, 0) is 17.9 Å². The van der Waals surface area contributed by atoms with Crippen molar-refractivity contribution >= 4 is 16.9 Å². The predicted molar refractivity (Wildman–Crippen MR) is 113 cm³/mol. The van der Waals surface area contributed by atoms with Gasteiger partial charge in [-0.25, -0.2) is 4.79 Å². The summed E-state index contributed by atoms with van der Waals surface area (Å²) in [4.78, 5) is 30.2. The first-order valence-corrected chi connectivity index (χ1v) is 9.62. The Hall–Kier alpha value is -3.67. The van der Waals surface area contributed by atoms with Crippen LogP contribution in [0.15, 0.2) is 83.8 Å². The van der Waals surface area contributed by atoms with Crippen LogP contribution in [0, 0.1) is 0 Å². The number of carbonyl (C=O) groups excluding carboxylic acids is 1. The Kier molecular flexibility index (Phi) is 5.24. The van der Waals surface area contributed by atoms with Gasteiger partial charge in [-0.05, 0) is 36.8 Å². The molecule has 2 aromatic carbocycles. The molecule has 1 unspecified atom stereocenters. The molecule has 0 aliphatic rings. The Morgan fingerprint density at radius 2 is 1.59 bits per heavy atom. The van der Waals surface area contributed by atoms with Crippen LogP contribution in [0.4, 0.5) is 0 Å². The van der Waals surface area contributed by atoms with Gasteiger partial charge in [0.25, 0.3) is 0 Å². The molecule has 0 bridgehead atoms. The van der Waals surface area contributed by atoms with E-state index in [2.05, 4.69) is 10.3 Å². The summed E-state index contributed by atoms with van der Waals surface area (Å²) in [6.07, 6.45) is 1.71. The summed E-state index contributed by atoms with van der Waals surface area (Å²) in [6, 6.07) is 22.4. The number of nitrogens with zero attached hydrogens (tertiary/aromatic N) is 3. The molecule has 0 fully saturated rings. The van der Waals surface area contributed by atoms with Gasteiger partial charge in [0.1, 0.15) is 6.54 Å². The van der Waals surface area contributed by atoms with E-state index < -0.39 is 0 Å². The van der Waals surface area contributed by atoms with E-state index >= 15 is 0 Å². The topological polar surface area (TPSA) is 68.9 Å². The Labute approximate surface area is 168 Å². The normalized spacial score (nSPS) is 12.0. The lowest BCUT2D eigenvalue weighted by molar-refractivity contribution is -0.122. The zero-order chi connectivity index (χ0) is 20.2. The average molecular weight is 386 g/mol. The van der Waals surface area contributed by atoms with Crippen LogP contribution >= 0.6 is 0 Å². The lowest BCUT2D eigenvalue weighted by atomic mass is 10.0. The van der Waals surface area contributed by atoms with Crippen molar-refractivity contribution in [3.05, 3.63) is 101 Å². The molecule has 2 heterocycles. The lowest BCUT2D eigenvalue weighted by Gasteiger charge is -2.19. The number of benzene rings is 2. The molecule has 0 saturated heterocycles. The summed E-state index contributed by atoms with van der Waals surface area (Å²) < 4.78 is 3.20. The third-order valence-electron chi connectivity index (χ3n) is 4.96. The van der Waals surface area contributed by atoms with Crippen molar-refractivity contribution in [1.82, 2.24) is 19.4 Å². The Balaban J connectivity index is 1.66. The van der Waals surface area contributed by atoms with Crippen LogP contribution in [0.1, 0.15) is 24.2 Å². The average Bonchev–Trinajstić information content (AvgIpc) is 3.04. The van der Waals surface area contributed by atoms with Crippen LogP contribution in [0.3, 0.4) is 0 Å². The molecule has 146 valence electrons. The van der Waals surface area contributed by atoms with Crippen molar-refractivity contribution in [2.45, 2.75) is 26.1 Å². The molecule has 2 aromatic heterocycles. The van der Waals surface area contributed by atoms with Crippen LogP contribution in [0.25, 0.3) is 11.0 Å². The van der Waals surface area contributed by atoms with Gasteiger partial charge >= 0.3 is 5.69 Å². The SMILES string of the molecule is CCn1c(=O)n(CC(=O)NC(c2ccccc2)c2ccccn2)c2ccccc21. The third kappa shape index (κ3) is 3.69. The zero-order valence-electron chi connectivity index (χ0n) is 16.2. The largest absolute Gasteiger partial charge is 0.342 e. The number of nitrogens with one attached hydrogen (secondary N) is 1. The number of pyridine rings is 1. The number of amides is 1. The second kappa shape index (κ2) is 8.14. The molecule has 4 aromatic rings. The first-order chi connectivity index (χ1) is 14.2. The number of aryl methyl sites for hydroxylation is 1. The number of hydrogen-bond acceptors (Lipinski definition) is 3. The minimum absolute atomic E-state index is 0.0531. The maximum absolute atomic E-state index is 13.0. The minimum Gasteiger partial charge on any atom is -0.342 e. The van der Waals surface area contributed by atoms with Gasteiger partial charge in [-0.3, -0.25) is 18.9 Å². The van der Waals surface area contributed by atoms with E-state index in [-0.39, 0.29) is 24.2 Å². The quantitative estimate of drug-likeness (QED) is 0.554. The summed E-state index contributed by atoms with van der Waals surface area (Å²) in [5.74, 6) is -0.245. The second-order valence-electron chi connectivity index (χ2n) is 6.77. The molecule has 29 heavy (non-hydrogen) atoms. The van der Waals surface area contributed by atoms with Crippen LogP contribution in [0.2, 0.25) is 0 Å². The van der Waals surface area contributed by atoms with E-state index in [9.17, 15) is 9.59 Å². The lowest BCUT2D eigenvalue weighted by Crippen LogP contribution is -2.35. The van der Waals surface area contributed by atoms with Crippen molar-refractivity contribution in [2.75, 3.05) is 0 Å². The Bertz CT molecular complexity index is 1140. The van der Waals surface area contributed by atoms with Crippen LogP contribution < -0.4 is 11.0 Å². The molecule has 0 aliphatic heterocycles. The smallest absolute Gasteiger partial charge is 0.329 e. The summed E-state index contributed by atoms with van der Waals surface area (Å²) in [5, 5.41) is 3.05. The molecule has 6 heteroatoms. The Morgan fingerprint density at radius 3 is 2.24 bits per heavy atom. The van der Waals surface area contributed by atoms with Gasteiger partial charge in [0.2, 0.25) is 5.91 Å². The molecule has 0 saturated carbocycles. The van der Waals surface area contributed by atoms with E-state index in [0.717, 1.165) is 22.3 Å². The molecule has 6 nitrogen and oxygen atoms in total. The minimum atomic E-state index is -0.389. The molecule has 0 aliphatic carbocycles. The fraction of sp³-hybridized carbons (Fsp3) is 0.174. The van der Waals surface area contributed by atoms with E-state index in [4.69, 9.17) is 0 Å². The van der Waals surface area contributed by atoms with Crippen molar-refractivity contribution in [3.63, 3.8) is 0 Å². The highest BCUT2D eigenvalue weighted by Gasteiger charge is 2.20. The van der Waals surface area contributed by atoms with Gasteiger partial charge in [-0.2, -0.15) is 0 Å². The maximum atomic E-state index is 13.0. The highest BCUT2D eigenvalue weighted by Crippen LogP contribution is 2.20. The van der Waals surface area contributed by atoms with E-state index in [1.165, 1.54) is 4.57 Å². The summed E-state index contributed by atoms with van der Waals surface area (Å²) >= 11 is 0. The van der Waals surface area contributed by atoms with Gasteiger partial charge in [0, 0.05) is 12.7 Å². The van der Waals surface area contributed by atoms with Crippen molar-refractivity contribution in [3.8, 4) is 0 Å². The number of fused-ring (bicyclic) bond motifs is 1. The molecule has 1 N–H and O–H groups in total. The molecule has 0 radical (unpaired) electrons. The van der Waals surface area contributed by atoms with Crippen molar-refractivity contribution in [1.29, 1.82) is 0 Å². The molecule has 1 atom stereocenters. The predicted octanol–water partition coefficient (Wildman–Crippen LogP) is 3.12. The molecule has 0 spiro atoms. The maximum Gasteiger partial charge on any atom is 0.329 e. The summed E-state index contributed by atoms with van der Waals surface area (Å²) in [5.41, 5.74) is 3.08. The van der Waals surface area contributed by atoms with Gasteiger partial charge in [0.15, 0.2) is 0 Å². The molecular formula is C23H22N4O2. The number of para-hydroxylation sites is 2. The number of aromatic nitrogens is 3. The zero-order valence-corrected chi connectivity index (χ0v) is 16.2. The highest BCUT2D eigenvalue weighted by atomic mass is 16.2. The van der Waals surface area contributed by atoms with E-state index in [0.29, 0.717) is 6.54 Å². The molecule has 4 rings (SSSR count). The van der Waals surface area contributed by atoms with Gasteiger partial charge in [-0.1, -0.05) is 48.5 Å². The fourth-order valence-electron chi connectivity index (χ4n) is 3.60. The first-order valence-electron chi connectivity index (χ1n) is 9.62. The van der Waals surface area contributed by atoms with Gasteiger partial charge < -0.3 is 5.32 Å². The number of rotatable bonds is 6. The number of hydrogen-bond donors (Lipinski definition) is 1. The second-order valence-corrected chi connectivity index (χ2v) is 6.77. The summed E-state index contributed by atoms with van der Waals surface area (Å²) in [6.45, 7) is 2.42. The fourth-order valence-corrected chi connectivity index (χ4v) is 3.60. The Morgan fingerprint density at radius 1 is 0.931 bits per heavy atom. The van der Waals surface area contributed by atoms with E-state index in [1.54, 1.807) is 10.8 Å². The van der Waals surface area contributed by atoms with Crippen molar-refractivity contribution < 1.29 is 4.79 Å². The number of carbonyl (C=O) groups is 1. The third-order valence-corrected chi connectivity index (χ3v) is 4.96. The molecular weight excluding hydrogens is 364 g/mol. The standard InChI is InChI=1S/C23H22N4O2/c1-2-26-19-13-6-7-14-20(19)27(23(26)29)16-21(28)25-22(17-10-4-3-5-11-17)18-12-8-9-15-24-18/h3-15,22H,2,16H2,1H3,(H,25,28). The first kappa shape index (κ1) is 18.7. The van der Waals surface area contributed by atoms with Crippen LogP contribution in [-0.4, -0.2) is 20.0 Å². The van der Waals surface area contributed by atoms with E-state index in [1.807, 2.05) is 79.7 Å². The van der Waals surface area contributed by atoms with Gasteiger partial charge in [0.05, 0.1) is 22.8 Å². The molecule has 1 amide bonds. The van der Waals surface area contributed by atoms with Crippen LogP contribution in [0.5, 0.6) is 0 Å². The monoisotopic (exact) mass is 386 g/mol.